The van der Waals surface area contributed by atoms with E-state index in [0.717, 1.165) is 44.1 Å². The molecule has 0 atom stereocenters. The van der Waals surface area contributed by atoms with Gasteiger partial charge in [0.1, 0.15) is 12.4 Å². The Morgan fingerprint density at radius 3 is 2.32 bits per heavy atom. The Labute approximate surface area is 170 Å². The first-order valence-electron chi connectivity index (χ1n) is 11.2. The summed E-state index contributed by atoms with van der Waals surface area (Å²) < 4.78 is 11.1. The normalized spacial score (nSPS) is 14.6. The smallest absolute Gasteiger partial charge is 0.411 e. The third kappa shape index (κ3) is 9.98. The number of carbonyl (C=O) groups is 1. The first kappa shape index (κ1) is 22.5. The second kappa shape index (κ2) is 14.3. The van der Waals surface area contributed by atoms with Crippen molar-refractivity contribution in [2.75, 3.05) is 38.2 Å². The Morgan fingerprint density at radius 2 is 1.61 bits per heavy atom. The summed E-state index contributed by atoms with van der Waals surface area (Å²) in [6, 6.07) is 7.49. The number of piperidine rings is 1. The van der Waals surface area contributed by atoms with E-state index in [4.69, 9.17) is 9.47 Å². The maximum Gasteiger partial charge on any atom is 0.411 e. The Hall–Kier alpha value is -1.75. The topological polar surface area (TPSA) is 50.8 Å². The molecule has 1 aliphatic rings. The van der Waals surface area contributed by atoms with Crippen LogP contribution < -0.4 is 10.1 Å². The van der Waals surface area contributed by atoms with Gasteiger partial charge in [-0.2, -0.15) is 0 Å². The number of hydrogen-bond acceptors (Lipinski definition) is 4. The number of carbonyl (C=O) groups excluding carboxylic acids is 1. The summed E-state index contributed by atoms with van der Waals surface area (Å²) in [5.41, 5.74) is 0.728. The molecule has 1 saturated heterocycles. The number of ether oxygens (including phenoxy) is 2. The highest BCUT2D eigenvalue weighted by Gasteiger charge is 2.10. The highest BCUT2D eigenvalue weighted by molar-refractivity contribution is 5.84. The third-order valence-electron chi connectivity index (χ3n) is 5.21. The van der Waals surface area contributed by atoms with Gasteiger partial charge in [-0.25, -0.2) is 4.79 Å². The van der Waals surface area contributed by atoms with Crippen LogP contribution in [-0.4, -0.2) is 43.8 Å². The van der Waals surface area contributed by atoms with Crippen LogP contribution in [0, 0.1) is 0 Å². The summed E-state index contributed by atoms with van der Waals surface area (Å²) in [5.74, 6) is 0.843. The number of likely N-dealkylation sites (tertiary alicyclic amines) is 1. The fraction of sp³-hybridized carbons (Fsp3) is 0.696. The first-order valence-corrected chi connectivity index (χ1v) is 11.2. The lowest BCUT2D eigenvalue weighted by molar-refractivity contribution is 0.131. The maximum atomic E-state index is 11.9. The summed E-state index contributed by atoms with van der Waals surface area (Å²) in [6.45, 7) is 6.48. The van der Waals surface area contributed by atoms with Crippen molar-refractivity contribution >= 4 is 11.8 Å². The molecule has 158 valence electrons. The van der Waals surface area contributed by atoms with Gasteiger partial charge in [0.15, 0.2) is 0 Å². The van der Waals surface area contributed by atoms with Crippen molar-refractivity contribution in [3.05, 3.63) is 24.3 Å². The molecule has 0 radical (unpaired) electrons. The minimum atomic E-state index is -0.395. The minimum Gasteiger partial charge on any atom is -0.494 e. The van der Waals surface area contributed by atoms with Crippen LogP contribution in [0.3, 0.4) is 0 Å². The number of unbranched alkanes of at least 4 members (excludes halogenated alkanes) is 6. The summed E-state index contributed by atoms with van der Waals surface area (Å²) >= 11 is 0. The molecule has 5 heteroatoms. The van der Waals surface area contributed by atoms with Crippen LogP contribution in [0.25, 0.3) is 0 Å². The van der Waals surface area contributed by atoms with Gasteiger partial charge in [-0.1, -0.05) is 51.9 Å². The van der Waals surface area contributed by atoms with Crippen molar-refractivity contribution in [2.45, 2.75) is 71.1 Å². The molecule has 0 bridgehead atoms. The zero-order valence-electron chi connectivity index (χ0n) is 17.6. The molecule has 1 fully saturated rings. The molecule has 0 saturated carbocycles. The van der Waals surface area contributed by atoms with Crippen molar-refractivity contribution in [3.63, 3.8) is 0 Å². The lowest BCUT2D eigenvalue weighted by Crippen LogP contribution is -2.33. The van der Waals surface area contributed by atoms with Gasteiger partial charge in [-0.15, -0.1) is 0 Å². The molecule has 0 spiro atoms. The van der Waals surface area contributed by atoms with Crippen molar-refractivity contribution in [3.8, 4) is 5.75 Å². The molecule has 1 aliphatic heterocycles. The van der Waals surface area contributed by atoms with Gasteiger partial charge in [-0.05, 0) is 56.6 Å². The maximum absolute atomic E-state index is 11.9. The molecule has 1 heterocycles. The average Bonchev–Trinajstić information content (AvgIpc) is 2.72. The predicted molar refractivity (Wildman–Crippen MR) is 115 cm³/mol. The van der Waals surface area contributed by atoms with Gasteiger partial charge in [0.05, 0.1) is 6.61 Å². The summed E-state index contributed by atoms with van der Waals surface area (Å²) in [7, 11) is 0. The van der Waals surface area contributed by atoms with Crippen LogP contribution in [-0.2, 0) is 4.74 Å². The minimum absolute atomic E-state index is 0.395. The second-order valence-corrected chi connectivity index (χ2v) is 7.66. The highest BCUT2D eigenvalue weighted by atomic mass is 16.5. The molecular formula is C23H38N2O3. The standard InChI is InChI=1S/C23H38N2O3/c1-2-3-4-5-6-7-11-19-27-22-14-12-21(13-15-22)24-23(26)28-20-18-25-16-9-8-10-17-25/h12-15H,2-11,16-20H2,1H3,(H,24,26). The first-order chi connectivity index (χ1) is 13.8. The van der Waals surface area contributed by atoms with Gasteiger partial charge < -0.3 is 9.47 Å². The van der Waals surface area contributed by atoms with Gasteiger partial charge >= 0.3 is 6.09 Å². The van der Waals surface area contributed by atoms with Gasteiger partial charge in [0, 0.05) is 12.2 Å². The number of nitrogens with one attached hydrogen (secondary N) is 1. The molecule has 0 aromatic heterocycles. The molecule has 5 nitrogen and oxygen atoms in total. The van der Waals surface area contributed by atoms with Gasteiger partial charge in [-0.3, -0.25) is 10.2 Å². The van der Waals surface area contributed by atoms with Crippen molar-refractivity contribution in [1.29, 1.82) is 0 Å². The predicted octanol–water partition coefficient (Wildman–Crippen LogP) is 5.85. The van der Waals surface area contributed by atoms with E-state index in [-0.39, 0.29) is 0 Å². The fourth-order valence-electron chi connectivity index (χ4n) is 3.49. The monoisotopic (exact) mass is 390 g/mol. The van der Waals surface area contributed by atoms with Crippen molar-refractivity contribution in [1.82, 2.24) is 4.90 Å². The summed E-state index contributed by atoms with van der Waals surface area (Å²) in [4.78, 5) is 14.2. The fourth-order valence-corrected chi connectivity index (χ4v) is 3.49. The molecular weight excluding hydrogens is 352 g/mol. The average molecular weight is 391 g/mol. The van der Waals surface area contributed by atoms with Crippen molar-refractivity contribution < 1.29 is 14.3 Å². The zero-order valence-corrected chi connectivity index (χ0v) is 17.6. The number of anilines is 1. The number of rotatable bonds is 13. The van der Waals surface area contributed by atoms with E-state index >= 15 is 0 Å². The quantitative estimate of drug-likeness (QED) is 0.429. The summed E-state index contributed by atoms with van der Waals surface area (Å²) in [5, 5.41) is 2.77. The lowest BCUT2D eigenvalue weighted by atomic mass is 10.1. The van der Waals surface area contributed by atoms with Crippen molar-refractivity contribution in [2.24, 2.45) is 0 Å². The molecule has 1 N–H and O–H groups in total. The molecule has 28 heavy (non-hydrogen) atoms. The molecule has 1 amide bonds. The highest BCUT2D eigenvalue weighted by Crippen LogP contribution is 2.17. The number of benzene rings is 1. The third-order valence-corrected chi connectivity index (χ3v) is 5.21. The second-order valence-electron chi connectivity index (χ2n) is 7.66. The van der Waals surface area contributed by atoms with Crippen LogP contribution in [0.5, 0.6) is 5.75 Å². The van der Waals surface area contributed by atoms with Crippen LogP contribution in [0.2, 0.25) is 0 Å². The number of amides is 1. The van der Waals surface area contributed by atoms with Crippen LogP contribution in [0.15, 0.2) is 24.3 Å². The van der Waals surface area contributed by atoms with Crippen LogP contribution in [0.1, 0.15) is 71.1 Å². The van der Waals surface area contributed by atoms with Gasteiger partial charge in [0.25, 0.3) is 0 Å². The van der Waals surface area contributed by atoms with E-state index < -0.39 is 6.09 Å². The zero-order chi connectivity index (χ0) is 19.9. The Bertz CT molecular complexity index is 527. The van der Waals surface area contributed by atoms with Crippen LogP contribution >= 0.6 is 0 Å². The number of hydrogen-bond donors (Lipinski definition) is 1. The van der Waals surface area contributed by atoms with E-state index in [0.29, 0.717) is 6.61 Å². The molecule has 2 rings (SSSR count). The number of nitrogens with zero attached hydrogens (tertiary/aromatic N) is 1. The van der Waals surface area contributed by atoms with E-state index in [9.17, 15) is 4.79 Å². The van der Waals surface area contributed by atoms with E-state index in [1.807, 2.05) is 24.3 Å². The lowest BCUT2D eigenvalue weighted by Gasteiger charge is -2.25. The SMILES string of the molecule is CCCCCCCCCOc1ccc(NC(=O)OCCN2CCCCC2)cc1. The van der Waals surface area contributed by atoms with E-state index in [2.05, 4.69) is 17.1 Å². The largest absolute Gasteiger partial charge is 0.494 e. The molecule has 0 unspecified atom stereocenters. The molecule has 1 aromatic rings. The van der Waals surface area contributed by atoms with E-state index in [1.54, 1.807) is 0 Å². The van der Waals surface area contributed by atoms with Crippen LogP contribution in [0.4, 0.5) is 10.5 Å². The molecule has 1 aromatic carbocycles. The van der Waals surface area contributed by atoms with Gasteiger partial charge in [0.2, 0.25) is 0 Å². The Kier molecular flexibility index (Phi) is 11.5. The van der Waals surface area contributed by atoms with E-state index in [1.165, 1.54) is 57.8 Å². The Balaban J connectivity index is 1.53. The Morgan fingerprint density at radius 1 is 0.929 bits per heavy atom. The molecule has 0 aliphatic carbocycles. The summed E-state index contributed by atoms with van der Waals surface area (Å²) in [6.07, 6.45) is 12.4.